The molecule has 1 unspecified atom stereocenters. The standard InChI is InChI=1S/C19H20N2O2/c1-13-4-8-15(9-5-13)12-21-17(22)19(3,20-18(21)23)16-10-6-14(2)7-11-16/h4-11H,12H2,1-3H3,(H,20,23). The van der Waals surface area contributed by atoms with Crippen LogP contribution in [0, 0.1) is 13.8 Å². The molecule has 0 spiro atoms. The van der Waals surface area contributed by atoms with Crippen LogP contribution in [0.1, 0.15) is 29.2 Å². The summed E-state index contributed by atoms with van der Waals surface area (Å²) in [5.74, 6) is -0.216. The van der Waals surface area contributed by atoms with E-state index in [1.807, 2.05) is 62.4 Å². The molecule has 2 aromatic rings. The minimum atomic E-state index is -1.00. The van der Waals surface area contributed by atoms with Gasteiger partial charge in [0.2, 0.25) is 0 Å². The summed E-state index contributed by atoms with van der Waals surface area (Å²) in [5, 5.41) is 2.83. The van der Waals surface area contributed by atoms with Gasteiger partial charge < -0.3 is 5.32 Å². The zero-order valence-corrected chi connectivity index (χ0v) is 13.6. The second kappa shape index (κ2) is 5.54. The van der Waals surface area contributed by atoms with E-state index in [-0.39, 0.29) is 18.5 Å². The molecule has 4 nitrogen and oxygen atoms in total. The monoisotopic (exact) mass is 308 g/mol. The molecule has 0 bridgehead atoms. The van der Waals surface area contributed by atoms with Crippen LogP contribution in [0.5, 0.6) is 0 Å². The van der Waals surface area contributed by atoms with Gasteiger partial charge in [-0.1, -0.05) is 59.7 Å². The van der Waals surface area contributed by atoms with Gasteiger partial charge in [0.15, 0.2) is 0 Å². The van der Waals surface area contributed by atoms with Crippen molar-refractivity contribution in [3.63, 3.8) is 0 Å². The minimum Gasteiger partial charge on any atom is -0.319 e. The van der Waals surface area contributed by atoms with Crippen LogP contribution >= 0.6 is 0 Å². The van der Waals surface area contributed by atoms with Gasteiger partial charge in [-0.2, -0.15) is 0 Å². The topological polar surface area (TPSA) is 49.4 Å². The van der Waals surface area contributed by atoms with E-state index in [0.29, 0.717) is 0 Å². The van der Waals surface area contributed by atoms with Crippen LogP contribution in [-0.4, -0.2) is 16.8 Å². The smallest absolute Gasteiger partial charge is 0.319 e. The van der Waals surface area contributed by atoms with Crippen LogP contribution in [0.4, 0.5) is 4.79 Å². The molecule has 118 valence electrons. The Balaban J connectivity index is 1.87. The lowest BCUT2D eigenvalue weighted by Crippen LogP contribution is -2.40. The molecule has 3 rings (SSSR count). The summed E-state index contributed by atoms with van der Waals surface area (Å²) < 4.78 is 0. The third-order valence-corrected chi connectivity index (χ3v) is 4.37. The van der Waals surface area contributed by atoms with Crippen molar-refractivity contribution >= 4 is 11.9 Å². The maximum absolute atomic E-state index is 12.8. The number of hydrogen-bond donors (Lipinski definition) is 1. The van der Waals surface area contributed by atoms with Crippen molar-refractivity contribution in [3.8, 4) is 0 Å². The summed E-state index contributed by atoms with van der Waals surface area (Å²) in [6.07, 6.45) is 0. The maximum Gasteiger partial charge on any atom is 0.325 e. The number of benzene rings is 2. The van der Waals surface area contributed by atoms with Crippen molar-refractivity contribution < 1.29 is 9.59 Å². The molecule has 1 N–H and O–H groups in total. The molecule has 0 aliphatic carbocycles. The normalized spacial score (nSPS) is 20.7. The fourth-order valence-corrected chi connectivity index (χ4v) is 2.80. The Morgan fingerprint density at radius 2 is 1.43 bits per heavy atom. The lowest BCUT2D eigenvalue weighted by molar-refractivity contribution is -0.131. The molecule has 4 heteroatoms. The first-order chi connectivity index (χ1) is 10.9. The summed E-state index contributed by atoms with van der Waals surface area (Å²) in [6.45, 7) is 6.04. The van der Waals surface area contributed by atoms with Crippen molar-refractivity contribution in [2.24, 2.45) is 0 Å². The number of rotatable bonds is 3. The maximum atomic E-state index is 12.8. The van der Waals surface area contributed by atoms with Gasteiger partial charge in [-0.25, -0.2) is 4.79 Å². The number of amides is 3. The van der Waals surface area contributed by atoms with Crippen LogP contribution in [0.25, 0.3) is 0 Å². The second-order valence-electron chi connectivity index (χ2n) is 6.30. The van der Waals surface area contributed by atoms with Gasteiger partial charge >= 0.3 is 6.03 Å². The Bertz CT molecular complexity index is 750. The Hall–Kier alpha value is -2.62. The van der Waals surface area contributed by atoms with E-state index in [4.69, 9.17) is 0 Å². The zero-order valence-electron chi connectivity index (χ0n) is 13.6. The van der Waals surface area contributed by atoms with Crippen LogP contribution in [-0.2, 0) is 16.9 Å². The number of aryl methyl sites for hydroxylation is 2. The number of hydrogen-bond acceptors (Lipinski definition) is 2. The second-order valence-corrected chi connectivity index (χ2v) is 6.30. The molecule has 1 aliphatic rings. The predicted octanol–water partition coefficient (Wildman–Crippen LogP) is 3.27. The predicted molar refractivity (Wildman–Crippen MR) is 88.8 cm³/mol. The highest BCUT2D eigenvalue weighted by Crippen LogP contribution is 2.30. The Kier molecular flexibility index (Phi) is 3.68. The highest BCUT2D eigenvalue weighted by Gasteiger charge is 2.48. The van der Waals surface area contributed by atoms with Crippen LogP contribution in [0.2, 0.25) is 0 Å². The SMILES string of the molecule is Cc1ccc(CN2C(=O)NC(C)(c3ccc(C)cc3)C2=O)cc1. The van der Waals surface area contributed by atoms with E-state index < -0.39 is 5.54 Å². The molecule has 2 aromatic carbocycles. The van der Waals surface area contributed by atoms with Crippen molar-refractivity contribution in [1.29, 1.82) is 0 Å². The summed E-state index contributed by atoms with van der Waals surface area (Å²) in [4.78, 5) is 26.4. The summed E-state index contributed by atoms with van der Waals surface area (Å²) in [6, 6.07) is 15.2. The third-order valence-electron chi connectivity index (χ3n) is 4.37. The van der Waals surface area contributed by atoms with E-state index in [9.17, 15) is 9.59 Å². The van der Waals surface area contributed by atoms with E-state index in [2.05, 4.69) is 5.32 Å². The fourth-order valence-electron chi connectivity index (χ4n) is 2.80. The summed E-state index contributed by atoms with van der Waals surface area (Å²) >= 11 is 0. The molecule has 23 heavy (non-hydrogen) atoms. The van der Waals surface area contributed by atoms with Crippen molar-refractivity contribution in [3.05, 3.63) is 70.8 Å². The highest BCUT2D eigenvalue weighted by atomic mass is 16.2. The number of nitrogens with one attached hydrogen (secondary N) is 1. The van der Waals surface area contributed by atoms with Gasteiger partial charge in [0.1, 0.15) is 5.54 Å². The highest BCUT2D eigenvalue weighted by molar-refractivity contribution is 6.07. The van der Waals surface area contributed by atoms with Gasteiger partial charge in [-0.15, -0.1) is 0 Å². The number of carbonyl (C=O) groups excluding carboxylic acids is 2. The summed E-state index contributed by atoms with van der Waals surface area (Å²) in [7, 11) is 0. The quantitative estimate of drug-likeness (QED) is 0.885. The molecule has 3 amide bonds. The van der Waals surface area contributed by atoms with Gasteiger partial charge in [-0.05, 0) is 31.9 Å². The van der Waals surface area contributed by atoms with Crippen molar-refractivity contribution in [2.75, 3.05) is 0 Å². The molecule has 1 fully saturated rings. The van der Waals surface area contributed by atoms with E-state index in [0.717, 1.165) is 22.3 Å². The lowest BCUT2D eigenvalue weighted by Gasteiger charge is -2.22. The van der Waals surface area contributed by atoms with Crippen LogP contribution < -0.4 is 5.32 Å². The zero-order chi connectivity index (χ0) is 16.6. The lowest BCUT2D eigenvalue weighted by atomic mass is 9.91. The van der Waals surface area contributed by atoms with Crippen molar-refractivity contribution in [2.45, 2.75) is 32.9 Å². The largest absolute Gasteiger partial charge is 0.325 e. The molecule has 1 heterocycles. The molecule has 1 aliphatic heterocycles. The van der Waals surface area contributed by atoms with Crippen LogP contribution in [0.3, 0.4) is 0 Å². The molecule has 1 atom stereocenters. The Morgan fingerprint density at radius 3 is 2.00 bits per heavy atom. The first-order valence-corrected chi connectivity index (χ1v) is 7.67. The van der Waals surface area contributed by atoms with E-state index in [1.165, 1.54) is 4.90 Å². The van der Waals surface area contributed by atoms with Crippen molar-refractivity contribution in [1.82, 2.24) is 10.2 Å². The van der Waals surface area contributed by atoms with Gasteiger partial charge in [0.05, 0.1) is 6.54 Å². The molecular formula is C19H20N2O2. The molecule has 0 saturated carbocycles. The van der Waals surface area contributed by atoms with Gasteiger partial charge in [0, 0.05) is 0 Å². The Morgan fingerprint density at radius 1 is 0.913 bits per heavy atom. The molecule has 0 aromatic heterocycles. The fraction of sp³-hybridized carbons (Fsp3) is 0.263. The first-order valence-electron chi connectivity index (χ1n) is 7.67. The number of nitrogens with zero attached hydrogens (tertiary/aromatic N) is 1. The summed E-state index contributed by atoms with van der Waals surface area (Å²) in [5.41, 5.74) is 3.00. The van der Waals surface area contributed by atoms with Gasteiger partial charge in [-0.3, -0.25) is 9.69 Å². The number of urea groups is 1. The number of imide groups is 1. The Labute approximate surface area is 136 Å². The van der Waals surface area contributed by atoms with E-state index >= 15 is 0 Å². The average Bonchev–Trinajstić information content (AvgIpc) is 2.74. The van der Waals surface area contributed by atoms with Crippen LogP contribution in [0.15, 0.2) is 48.5 Å². The number of carbonyl (C=O) groups is 2. The minimum absolute atomic E-state index is 0.216. The molecule has 1 saturated heterocycles. The van der Waals surface area contributed by atoms with Gasteiger partial charge in [0.25, 0.3) is 5.91 Å². The van der Waals surface area contributed by atoms with E-state index in [1.54, 1.807) is 6.92 Å². The molecular weight excluding hydrogens is 288 g/mol. The molecule has 0 radical (unpaired) electrons. The third kappa shape index (κ3) is 2.72. The first kappa shape index (κ1) is 15.3. The average molecular weight is 308 g/mol.